The van der Waals surface area contributed by atoms with Gasteiger partial charge in [0.2, 0.25) is 0 Å². The molecule has 0 atom stereocenters. The fourth-order valence-corrected chi connectivity index (χ4v) is 2.57. The van der Waals surface area contributed by atoms with Crippen molar-refractivity contribution in [2.75, 3.05) is 0 Å². The van der Waals surface area contributed by atoms with Crippen LogP contribution in [0.3, 0.4) is 0 Å². The first-order valence-electron chi connectivity index (χ1n) is 6.55. The van der Waals surface area contributed by atoms with Crippen molar-refractivity contribution in [1.82, 2.24) is 0 Å². The van der Waals surface area contributed by atoms with E-state index in [2.05, 4.69) is 36.4 Å². The molecule has 1 heteroatoms. The highest BCUT2D eigenvalue weighted by atomic mass is 16.3. The zero-order chi connectivity index (χ0) is 11.5. The minimum absolute atomic E-state index is 1.06. The summed E-state index contributed by atoms with van der Waals surface area (Å²) in [6.45, 7) is 0. The molecule has 0 unspecified atom stereocenters. The SMILES string of the molecule is c1cc2cc(c1)CCCc1ccc(o1)CCC2. The van der Waals surface area contributed by atoms with Crippen molar-refractivity contribution in [1.29, 1.82) is 0 Å². The average molecular weight is 226 g/mol. The molecule has 0 N–H and O–H groups in total. The van der Waals surface area contributed by atoms with E-state index in [0.717, 1.165) is 37.2 Å². The molecule has 88 valence electrons. The van der Waals surface area contributed by atoms with Gasteiger partial charge >= 0.3 is 0 Å². The quantitative estimate of drug-likeness (QED) is 0.663. The first-order valence-corrected chi connectivity index (χ1v) is 6.55. The Balaban J connectivity index is 1.82. The predicted octanol–water partition coefficient (Wildman–Crippen LogP) is 3.94. The Morgan fingerprint density at radius 1 is 0.706 bits per heavy atom. The van der Waals surface area contributed by atoms with E-state index in [1.54, 1.807) is 0 Å². The number of aryl methyl sites for hydroxylation is 4. The van der Waals surface area contributed by atoms with Gasteiger partial charge in [-0.05, 0) is 48.9 Å². The number of furan rings is 1. The predicted molar refractivity (Wildman–Crippen MR) is 69.2 cm³/mol. The maximum Gasteiger partial charge on any atom is 0.104 e. The van der Waals surface area contributed by atoms with Crippen LogP contribution in [-0.4, -0.2) is 0 Å². The number of hydrogen-bond acceptors (Lipinski definition) is 1. The molecular formula is C16H18O. The summed E-state index contributed by atoms with van der Waals surface area (Å²) in [6.07, 6.45) is 6.79. The van der Waals surface area contributed by atoms with Gasteiger partial charge in [-0.15, -0.1) is 0 Å². The Morgan fingerprint density at radius 3 is 1.88 bits per heavy atom. The zero-order valence-electron chi connectivity index (χ0n) is 10.1. The van der Waals surface area contributed by atoms with Gasteiger partial charge in [0.15, 0.2) is 0 Å². The summed E-state index contributed by atoms with van der Waals surface area (Å²) in [5.74, 6) is 2.30. The second-order valence-corrected chi connectivity index (χ2v) is 4.90. The molecule has 1 aromatic heterocycles. The van der Waals surface area contributed by atoms with Gasteiger partial charge in [0.25, 0.3) is 0 Å². The first-order chi connectivity index (χ1) is 8.40. The summed E-state index contributed by atoms with van der Waals surface area (Å²) in [6, 6.07) is 13.3. The van der Waals surface area contributed by atoms with E-state index in [9.17, 15) is 0 Å². The van der Waals surface area contributed by atoms with Crippen LogP contribution in [0.2, 0.25) is 0 Å². The molecule has 2 aromatic rings. The minimum Gasteiger partial charge on any atom is -0.466 e. The summed E-state index contributed by atoms with van der Waals surface area (Å²) in [4.78, 5) is 0. The maximum atomic E-state index is 5.82. The van der Waals surface area contributed by atoms with Crippen molar-refractivity contribution in [3.8, 4) is 0 Å². The van der Waals surface area contributed by atoms with Crippen LogP contribution in [-0.2, 0) is 25.7 Å². The molecule has 4 bridgehead atoms. The number of hydrogen-bond donors (Lipinski definition) is 0. The lowest BCUT2D eigenvalue weighted by molar-refractivity contribution is 0.454. The van der Waals surface area contributed by atoms with Crippen LogP contribution in [0.15, 0.2) is 40.8 Å². The third-order valence-electron chi connectivity index (χ3n) is 3.49. The lowest BCUT2D eigenvalue weighted by Crippen LogP contribution is -1.94. The van der Waals surface area contributed by atoms with E-state index in [0.29, 0.717) is 0 Å². The molecule has 0 aliphatic carbocycles. The van der Waals surface area contributed by atoms with Gasteiger partial charge < -0.3 is 4.42 Å². The number of rotatable bonds is 0. The van der Waals surface area contributed by atoms with E-state index >= 15 is 0 Å². The fourth-order valence-electron chi connectivity index (χ4n) is 2.57. The molecule has 3 rings (SSSR count). The average Bonchev–Trinajstić information content (AvgIpc) is 2.77. The van der Waals surface area contributed by atoms with Crippen LogP contribution in [0.5, 0.6) is 0 Å². The molecule has 0 spiro atoms. The number of benzene rings is 1. The monoisotopic (exact) mass is 226 g/mol. The molecule has 1 nitrogen and oxygen atoms in total. The summed E-state index contributed by atoms with van der Waals surface area (Å²) >= 11 is 0. The largest absolute Gasteiger partial charge is 0.466 e. The molecular weight excluding hydrogens is 208 g/mol. The second-order valence-electron chi connectivity index (χ2n) is 4.90. The first kappa shape index (κ1) is 10.6. The fraction of sp³-hybridized carbons (Fsp3) is 0.375. The van der Waals surface area contributed by atoms with E-state index in [1.165, 1.54) is 24.0 Å². The molecule has 1 aliphatic rings. The molecule has 0 amide bonds. The van der Waals surface area contributed by atoms with Gasteiger partial charge in [0, 0.05) is 12.8 Å². The highest BCUT2D eigenvalue weighted by Crippen LogP contribution is 2.17. The normalized spacial score (nSPS) is 16.0. The van der Waals surface area contributed by atoms with Crippen LogP contribution >= 0.6 is 0 Å². The summed E-state index contributed by atoms with van der Waals surface area (Å²) in [5.41, 5.74) is 2.93. The van der Waals surface area contributed by atoms with Gasteiger partial charge in [-0.25, -0.2) is 0 Å². The highest BCUT2D eigenvalue weighted by molar-refractivity contribution is 5.24. The highest BCUT2D eigenvalue weighted by Gasteiger charge is 2.05. The number of fused-ring (bicyclic) bond motifs is 4. The lowest BCUT2D eigenvalue weighted by Gasteiger charge is -2.06. The van der Waals surface area contributed by atoms with E-state index in [4.69, 9.17) is 4.42 Å². The summed E-state index contributed by atoms with van der Waals surface area (Å²) in [7, 11) is 0. The van der Waals surface area contributed by atoms with Crippen LogP contribution in [0.4, 0.5) is 0 Å². The molecule has 17 heavy (non-hydrogen) atoms. The van der Waals surface area contributed by atoms with E-state index < -0.39 is 0 Å². The molecule has 1 aromatic carbocycles. The van der Waals surface area contributed by atoms with Crippen LogP contribution in [0, 0.1) is 0 Å². The summed E-state index contributed by atoms with van der Waals surface area (Å²) in [5, 5.41) is 0. The Bertz CT molecular complexity index is 456. The van der Waals surface area contributed by atoms with Gasteiger partial charge in [0.1, 0.15) is 11.5 Å². The van der Waals surface area contributed by atoms with Gasteiger partial charge in [0.05, 0.1) is 0 Å². The molecule has 1 aliphatic heterocycles. The van der Waals surface area contributed by atoms with Crippen LogP contribution in [0.1, 0.15) is 35.5 Å². The maximum absolute atomic E-state index is 5.82. The Labute approximate surface area is 102 Å². The van der Waals surface area contributed by atoms with E-state index in [-0.39, 0.29) is 0 Å². The topological polar surface area (TPSA) is 13.1 Å². The third-order valence-corrected chi connectivity index (χ3v) is 3.49. The lowest BCUT2D eigenvalue weighted by atomic mass is 10.0. The van der Waals surface area contributed by atoms with Gasteiger partial charge in [-0.3, -0.25) is 0 Å². The van der Waals surface area contributed by atoms with Crippen LogP contribution < -0.4 is 0 Å². The molecule has 0 radical (unpaired) electrons. The molecule has 2 heterocycles. The van der Waals surface area contributed by atoms with Gasteiger partial charge in [-0.1, -0.05) is 24.3 Å². The Hall–Kier alpha value is -1.50. The smallest absolute Gasteiger partial charge is 0.104 e. The standard InChI is InChI=1S/C16H18O/c1-4-13-6-2-8-15-10-11-16(17-15)9-3-7-14(5-1)12-13/h1,4-5,10-12H,2-3,6-9H2. The van der Waals surface area contributed by atoms with Crippen molar-refractivity contribution < 1.29 is 4.42 Å². The Kier molecular flexibility index (Phi) is 3.00. The third kappa shape index (κ3) is 2.60. The van der Waals surface area contributed by atoms with Crippen molar-refractivity contribution in [3.63, 3.8) is 0 Å². The molecule has 0 fully saturated rings. The summed E-state index contributed by atoms with van der Waals surface area (Å²) < 4.78 is 5.82. The second kappa shape index (κ2) is 4.79. The Morgan fingerprint density at radius 2 is 1.29 bits per heavy atom. The van der Waals surface area contributed by atoms with Crippen molar-refractivity contribution >= 4 is 0 Å². The van der Waals surface area contributed by atoms with Gasteiger partial charge in [-0.2, -0.15) is 0 Å². The van der Waals surface area contributed by atoms with Crippen molar-refractivity contribution in [2.45, 2.75) is 38.5 Å². The van der Waals surface area contributed by atoms with Crippen molar-refractivity contribution in [2.24, 2.45) is 0 Å². The van der Waals surface area contributed by atoms with Crippen molar-refractivity contribution in [3.05, 3.63) is 59.0 Å². The molecule has 0 saturated heterocycles. The zero-order valence-corrected chi connectivity index (χ0v) is 10.1. The minimum atomic E-state index is 1.06. The van der Waals surface area contributed by atoms with E-state index in [1.807, 2.05) is 0 Å². The van der Waals surface area contributed by atoms with Crippen LogP contribution in [0.25, 0.3) is 0 Å². The molecule has 0 saturated carbocycles.